The summed E-state index contributed by atoms with van der Waals surface area (Å²) < 4.78 is 6.62. The Morgan fingerprint density at radius 1 is 1.12 bits per heavy atom. The molecular formula is C16H13N5O4. The van der Waals surface area contributed by atoms with Crippen LogP contribution in [0.4, 0.5) is 5.69 Å². The number of hydrogen-bond acceptors (Lipinski definition) is 7. The van der Waals surface area contributed by atoms with E-state index in [1.54, 1.807) is 12.1 Å². The van der Waals surface area contributed by atoms with Gasteiger partial charge in [-0.1, -0.05) is 36.4 Å². The van der Waals surface area contributed by atoms with E-state index in [0.717, 1.165) is 5.69 Å². The van der Waals surface area contributed by atoms with Gasteiger partial charge in [-0.25, -0.2) is 0 Å². The molecule has 0 fully saturated rings. The number of carbonyl (C=O) groups is 1. The number of para-hydroxylation sites is 2. The van der Waals surface area contributed by atoms with Crippen LogP contribution in [0.3, 0.4) is 0 Å². The van der Waals surface area contributed by atoms with E-state index < -0.39 is 10.9 Å². The maximum Gasteiger partial charge on any atom is 0.310 e. The van der Waals surface area contributed by atoms with Crippen molar-refractivity contribution >= 4 is 11.7 Å². The molecule has 0 amide bonds. The summed E-state index contributed by atoms with van der Waals surface area (Å²) in [6.45, 7) is -0.138. The van der Waals surface area contributed by atoms with E-state index in [4.69, 9.17) is 4.74 Å². The van der Waals surface area contributed by atoms with Crippen molar-refractivity contribution < 1.29 is 14.5 Å². The van der Waals surface area contributed by atoms with Crippen molar-refractivity contribution in [3.63, 3.8) is 0 Å². The van der Waals surface area contributed by atoms with Crippen molar-refractivity contribution in [3.8, 4) is 5.69 Å². The molecule has 0 saturated heterocycles. The fourth-order valence-corrected chi connectivity index (χ4v) is 2.26. The molecular weight excluding hydrogens is 326 g/mol. The molecule has 9 heteroatoms. The third kappa shape index (κ3) is 3.83. The molecule has 0 N–H and O–H groups in total. The minimum Gasteiger partial charge on any atom is -0.457 e. The van der Waals surface area contributed by atoms with Gasteiger partial charge in [-0.3, -0.25) is 14.9 Å². The molecule has 1 heterocycles. The number of nitro groups is 1. The summed E-state index contributed by atoms with van der Waals surface area (Å²) in [6, 6.07) is 15.2. The first-order chi connectivity index (χ1) is 12.1. The fraction of sp³-hybridized carbons (Fsp3) is 0.125. The van der Waals surface area contributed by atoms with Crippen molar-refractivity contribution in [2.75, 3.05) is 0 Å². The van der Waals surface area contributed by atoms with Crippen LogP contribution in [0.1, 0.15) is 11.4 Å². The highest BCUT2D eigenvalue weighted by molar-refractivity contribution is 5.74. The Hall–Kier alpha value is -3.62. The summed E-state index contributed by atoms with van der Waals surface area (Å²) in [5.74, 6) is -0.251. The van der Waals surface area contributed by atoms with Crippen molar-refractivity contribution in [3.05, 3.63) is 76.1 Å². The number of benzene rings is 2. The quantitative estimate of drug-likeness (QED) is 0.382. The predicted octanol–water partition coefficient (Wildman–Crippen LogP) is 1.86. The van der Waals surface area contributed by atoms with E-state index in [1.807, 2.05) is 30.3 Å². The molecule has 126 valence electrons. The SMILES string of the molecule is O=C(Cc1ccccc1[N+](=O)[O-])OCc1nnnn1-c1ccccc1. The Kier molecular flexibility index (Phi) is 4.74. The van der Waals surface area contributed by atoms with Crippen LogP contribution >= 0.6 is 0 Å². The molecule has 25 heavy (non-hydrogen) atoms. The highest BCUT2D eigenvalue weighted by Crippen LogP contribution is 2.18. The van der Waals surface area contributed by atoms with Crippen LogP contribution in [-0.4, -0.2) is 31.1 Å². The van der Waals surface area contributed by atoms with Crippen LogP contribution in [0.25, 0.3) is 5.69 Å². The molecule has 0 aliphatic carbocycles. The van der Waals surface area contributed by atoms with Gasteiger partial charge in [-0.05, 0) is 22.6 Å². The highest BCUT2D eigenvalue weighted by atomic mass is 16.6. The van der Waals surface area contributed by atoms with Gasteiger partial charge in [0.1, 0.15) is 0 Å². The summed E-state index contributed by atoms with van der Waals surface area (Å²) in [6.07, 6.45) is -0.204. The van der Waals surface area contributed by atoms with E-state index >= 15 is 0 Å². The zero-order valence-electron chi connectivity index (χ0n) is 13.0. The van der Waals surface area contributed by atoms with E-state index in [2.05, 4.69) is 15.5 Å². The fourth-order valence-electron chi connectivity index (χ4n) is 2.26. The molecule has 0 bridgehead atoms. The predicted molar refractivity (Wildman–Crippen MR) is 85.8 cm³/mol. The van der Waals surface area contributed by atoms with Crippen LogP contribution in [0.5, 0.6) is 0 Å². The normalized spacial score (nSPS) is 10.4. The van der Waals surface area contributed by atoms with Gasteiger partial charge in [0.2, 0.25) is 0 Å². The summed E-state index contributed by atoms with van der Waals surface area (Å²) in [4.78, 5) is 22.5. The topological polar surface area (TPSA) is 113 Å². The van der Waals surface area contributed by atoms with Gasteiger partial charge in [0.25, 0.3) is 5.69 Å². The molecule has 0 radical (unpaired) electrons. The van der Waals surface area contributed by atoms with Crippen molar-refractivity contribution in [1.29, 1.82) is 0 Å². The van der Waals surface area contributed by atoms with Crippen molar-refractivity contribution in [1.82, 2.24) is 20.2 Å². The smallest absolute Gasteiger partial charge is 0.310 e. The van der Waals surface area contributed by atoms with Crippen LogP contribution in [0.15, 0.2) is 54.6 Å². The summed E-state index contributed by atoms with van der Waals surface area (Å²) in [7, 11) is 0. The minimum absolute atomic E-state index is 0.117. The first-order valence-electron chi connectivity index (χ1n) is 7.36. The van der Waals surface area contributed by atoms with Crippen molar-refractivity contribution in [2.45, 2.75) is 13.0 Å². The summed E-state index contributed by atoms with van der Waals surface area (Å²) >= 11 is 0. The summed E-state index contributed by atoms with van der Waals surface area (Å²) in [5.41, 5.74) is 0.908. The number of aromatic nitrogens is 4. The van der Waals surface area contributed by atoms with E-state index in [0.29, 0.717) is 11.4 Å². The standard InChI is InChI=1S/C16H13N5O4/c22-16(10-12-6-4-5-9-14(12)21(23)24)25-11-15-17-18-19-20(15)13-7-2-1-3-8-13/h1-9H,10-11H2. The van der Waals surface area contributed by atoms with Gasteiger partial charge < -0.3 is 4.74 Å². The second-order valence-electron chi connectivity index (χ2n) is 5.07. The first-order valence-corrected chi connectivity index (χ1v) is 7.36. The van der Waals surface area contributed by atoms with Gasteiger partial charge >= 0.3 is 5.97 Å². The number of ether oxygens (including phenoxy) is 1. The van der Waals surface area contributed by atoms with Crippen molar-refractivity contribution in [2.24, 2.45) is 0 Å². The Balaban J connectivity index is 1.67. The minimum atomic E-state index is -0.600. The molecule has 3 aromatic rings. The number of nitrogens with zero attached hydrogens (tertiary/aromatic N) is 5. The van der Waals surface area contributed by atoms with Crippen LogP contribution in [-0.2, 0) is 22.6 Å². The Labute approximate surface area is 142 Å². The number of carbonyl (C=O) groups excluding carboxylic acids is 1. The zero-order valence-corrected chi connectivity index (χ0v) is 13.0. The zero-order chi connectivity index (χ0) is 17.6. The molecule has 0 saturated carbocycles. The molecule has 0 aliphatic rings. The Morgan fingerprint density at radius 3 is 2.60 bits per heavy atom. The molecule has 0 spiro atoms. The first kappa shape index (κ1) is 16.2. The Morgan fingerprint density at radius 2 is 1.84 bits per heavy atom. The van der Waals surface area contributed by atoms with Gasteiger partial charge in [-0.15, -0.1) is 5.10 Å². The van der Waals surface area contributed by atoms with E-state index in [9.17, 15) is 14.9 Å². The molecule has 0 aliphatic heterocycles. The van der Waals surface area contributed by atoms with E-state index in [1.165, 1.54) is 16.8 Å². The van der Waals surface area contributed by atoms with Gasteiger partial charge in [-0.2, -0.15) is 4.68 Å². The van der Waals surface area contributed by atoms with Crippen LogP contribution in [0, 0.1) is 10.1 Å². The molecule has 2 aromatic carbocycles. The maximum atomic E-state index is 12.0. The second-order valence-corrected chi connectivity index (χ2v) is 5.07. The lowest BCUT2D eigenvalue weighted by molar-refractivity contribution is -0.385. The van der Waals surface area contributed by atoms with Crippen LogP contribution < -0.4 is 0 Å². The number of hydrogen-bond donors (Lipinski definition) is 0. The molecule has 0 atom stereocenters. The van der Waals surface area contributed by atoms with Gasteiger partial charge in [0, 0.05) is 11.6 Å². The average Bonchev–Trinajstić information content (AvgIpc) is 3.09. The number of tetrazole rings is 1. The molecule has 1 aromatic heterocycles. The average molecular weight is 339 g/mol. The van der Waals surface area contributed by atoms with Gasteiger partial charge in [0.05, 0.1) is 17.0 Å². The lowest BCUT2D eigenvalue weighted by Crippen LogP contribution is -2.12. The summed E-state index contributed by atoms with van der Waals surface area (Å²) in [5, 5.41) is 22.2. The highest BCUT2D eigenvalue weighted by Gasteiger charge is 2.17. The number of nitro benzene ring substituents is 1. The molecule has 3 rings (SSSR count). The number of rotatable bonds is 6. The van der Waals surface area contributed by atoms with E-state index in [-0.39, 0.29) is 18.7 Å². The lowest BCUT2D eigenvalue weighted by atomic mass is 10.1. The lowest BCUT2D eigenvalue weighted by Gasteiger charge is -2.06. The third-order valence-electron chi connectivity index (χ3n) is 3.42. The maximum absolute atomic E-state index is 12.0. The second kappa shape index (κ2) is 7.30. The third-order valence-corrected chi connectivity index (χ3v) is 3.42. The molecule has 0 unspecified atom stereocenters. The largest absolute Gasteiger partial charge is 0.457 e. The number of esters is 1. The molecule has 9 nitrogen and oxygen atoms in total. The van der Waals surface area contributed by atoms with Crippen LogP contribution in [0.2, 0.25) is 0 Å². The Bertz CT molecular complexity index is 894. The monoisotopic (exact) mass is 339 g/mol. The van der Waals surface area contributed by atoms with Gasteiger partial charge in [0.15, 0.2) is 12.4 Å².